The molecule has 0 bridgehead atoms. The van der Waals surface area contributed by atoms with Crippen LogP contribution in [0, 0.1) is 5.82 Å². The lowest BCUT2D eigenvalue weighted by molar-refractivity contribution is 0.296. The van der Waals surface area contributed by atoms with E-state index in [9.17, 15) is 4.39 Å². The average Bonchev–Trinajstić information content (AvgIpc) is 2.67. The molecule has 1 heterocycles. The van der Waals surface area contributed by atoms with Crippen LogP contribution in [0.1, 0.15) is 5.56 Å². The number of benzene rings is 1. The van der Waals surface area contributed by atoms with Crippen molar-refractivity contribution >= 4 is 21.4 Å². The van der Waals surface area contributed by atoms with Crippen molar-refractivity contribution in [1.29, 1.82) is 0 Å². The smallest absolute Gasteiger partial charge is 0.172 e. The fourth-order valence-electron chi connectivity index (χ4n) is 1.60. The van der Waals surface area contributed by atoms with Gasteiger partial charge >= 0.3 is 0 Å². The SMILES string of the molecule is COc1c(F)c(CCO)cc2ccsc12. The molecule has 1 aromatic heterocycles. The first kappa shape index (κ1) is 10.4. The van der Waals surface area contributed by atoms with Crippen LogP contribution in [0.4, 0.5) is 4.39 Å². The van der Waals surface area contributed by atoms with Crippen molar-refractivity contribution in [3.63, 3.8) is 0 Å². The molecule has 0 saturated carbocycles. The molecule has 0 aliphatic carbocycles. The lowest BCUT2D eigenvalue weighted by atomic mass is 10.1. The molecule has 2 aromatic rings. The van der Waals surface area contributed by atoms with E-state index in [1.165, 1.54) is 18.4 Å². The molecule has 0 saturated heterocycles. The van der Waals surface area contributed by atoms with Gasteiger partial charge in [-0.05, 0) is 34.9 Å². The Bertz CT molecular complexity index is 479. The van der Waals surface area contributed by atoms with Gasteiger partial charge < -0.3 is 9.84 Å². The molecule has 0 aliphatic heterocycles. The second-order valence-corrected chi connectivity index (χ2v) is 4.11. The topological polar surface area (TPSA) is 29.5 Å². The number of thiophene rings is 1. The number of ether oxygens (including phenoxy) is 1. The van der Waals surface area contributed by atoms with E-state index in [1.807, 2.05) is 11.4 Å². The zero-order chi connectivity index (χ0) is 10.8. The molecule has 0 radical (unpaired) electrons. The van der Waals surface area contributed by atoms with Crippen LogP contribution in [0.25, 0.3) is 10.1 Å². The molecular formula is C11H11FO2S. The second-order valence-electron chi connectivity index (χ2n) is 3.20. The number of methoxy groups -OCH3 is 1. The van der Waals surface area contributed by atoms with Crippen molar-refractivity contribution in [2.45, 2.75) is 6.42 Å². The van der Waals surface area contributed by atoms with Gasteiger partial charge in [0, 0.05) is 6.61 Å². The predicted octanol–water partition coefficient (Wildman–Crippen LogP) is 2.58. The predicted molar refractivity (Wildman–Crippen MR) is 59.1 cm³/mol. The Balaban J connectivity index is 2.67. The molecule has 80 valence electrons. The van der Waals surface area contributed by atoms with Gasteiger partial charge in [-0.25, -0.2) is 4.39 Å². The van der Waals surface area contributed by atoms with Crippen LogP contribution in [-0.4, -0.2) is 18.8 Å². The second kappa shape index (κ2) is 4.16. The normalized spacial score (nSPS) is 10.9. The van der Waals surface area contributed by atoms with E-state index in [1.54, 1.807) is 6.07 Å². The minimum absolute atomic E-state index is 0.0598. The van der Waals surface area contributed by atoms with Gasteiger partial charge in [-0.1, -0.05) is 0 Å². The highest BCUT2D eigenvalue weighted by atomic mass is 32.1. The zero-order valence-corrected chi connectivity index (χ0v) is 9.10. The molecule has 0 atom stereocenters. The van der Waals surface area contributed by atoms with E-state index in [0.717, 1.165) is 10.1 Å². The first-order chi connectivity index (χ1) is 7.27. The Kier molecular flexibility index (Phi) is 2.88. The van der Waals surface area contributed by atoms with Crippen LogP contribution in [0.2, 0.25) is 0 Å². The first-order valence-electron chi connectivity index (χ1n) is 4.61. The largest absolute Gasteiger partial charge is 0.492 e. The highest BCUT2D eigenvalue weighted by Crippen LogP contribution is 2.35. The molecule has 0 amide bonds. The van der Waals surface area contributed by atoms with Crippen LogP contribution in [0.5, 0.6) is 5.75 Å². The molecule has 2 rings (SSSR count). The van der Waals surface area contributed by atoms with Crippen LogP contribution >= 0.6 is 11.3 Å². The molecule has 0 spiro atoms. The van der Waals surface area contributed by atoms with Crippen LogP contribution < -0.4 is 4.74 Å². The summed E-state index contributed by atoms with van der Waals surface area (Å²) in [5.41, 5.74) is 0.500. The van der Waals surface area contributed by atoms with E-state index in [2.05, 4.69) is 0 Å². The minimum atomic E-state index is -0.360. The number of aliphatic hydroxyl groups is 1. The summed E-state index contributed by atoms with van der Waals surface area (Å²) in [6.45, 7) is -0.0598. The first-order valence-corrected chi connectivity index (χ1v) is 5.49. The standard InChI is InChI=1S/C11H11FO2S/c1-14-10-9(12)7(2-4-13)6-8-3-5-15-11(8)10/h3,5-6,13H,2,4H2,1H3. The fraction of sp³-hybridized carbons (Fsp3) is 0.273. The molecule has 0 aliphatic rings. The maximum absolute atomic E-state index is 13.8. The van der Waals surface area contributed by atoms with Crippen molar-refractivity contribution in [2.75, 3.05) is 13.7 Å². The number of hydrogen-bond donors (Lipinski definition) is 1. The number of fused-ring (bicyclic) bond motifs is 1. The Morgan fingerprint density at radius 3 is 3.00 bits per heavy atom. The van der Waals surface area contributed by atoms with Gasteiger partial charge in [-0.2, -0.15) is 0 Å². The zero-order valence-electron chi connectivity index (χ0n) is 8.29. The van der Waals surface area contributed by atoms with E-state index in [-0.39, 0.29) is 18.2 Å². The van der Waals surface area contributed by atoms with Gasteiger partial charge in [0.15, 0.2) is 11.6 Å². The summed E-state index contributed by atoms with van der Waals surface area (Å²) >= 11 is 1.45. The Morgan fingerprint density at radius 2 is 2.33 bits per heavy atom. The molecule has 0 fully saturated rings. The van der Waals surface area contributed by atoms with Crippen molar-refractivity contribution in [3.8, 4) is 5.75 Å². The molecule has 1 aromatic carbocycles. The number of halogens is 1. The summed E-state index contributed by atoms with van der Waals surface area (Å²) < 4.78 is 19.7. The van der Waals surface area contributed by atoms with Crippen molar-refractivity contribution < 1.29 is 14.2 Å². The van der Waals surface area contributed by atoms with Crippen molar-refractivity contribution in [1.82, 2.24) is 0 Å². The summed E-state index contributed by atoms with van der Waals surface area (Å²) in [6, 6.07) is 3.68. The lowest BCUT2D eigenvalue weighted by Gasteiger charge is -2.07. The summed E-state index contributed by atoms with van der Waals surface area (Å²) in [7, 11) is 1.46. The third-order valence-electron chi connectivity index (χ3n) is 2.30. The molecule has 2 nitrogen and oxygen atoms in total. The average molecular weight is 226 g/mol. The van der Waals surface area contributed by atoms with Gasteiger partial charge in [0.05, 0.1) is 11.8 Å². The number of aliphatic hydroxyl groups excluding tert-OH is 1. The molecule has 15 heavy (non-hydrogen) atoms. The highest BCUT2D eigenvalue weighted by Gasteiger charge is 2.14. The third kappa shape index (κ3) is 1.70. The maximum atomic E-state index is 13.8. The molecule has 1 N–H and O–H groups in total. The van der Waals surface area contributed by atoms with Crippen LogP contribution in [-0.2, 0) is 6.42 Å². The maximum Gasteiger partial charge on any atom is 0.172 e. The fourth-order valence-corrected chi connectivity index (χ4v) is 2.49. The van der Waals surface area contributed by atoms with E-state index < -0.39 is 0 Å². The monoisotopic (exact) mass is 226 g/mol. The Morgan fingerprint density at radius 1 is 1.53 bits per heavy atom. The number of hydrogen-bond acceptors (Lipinski definition) is 3. The third-order valence-corrected chi connectivity index (χ3v) is 3.23. The summed E-state index contributed by atoms with van der Waals surface area (Å²) in [5.74, 6) is -0.0764. The van der Waals surface area contributed by atoms with E-state index in [4.69, 9.17) is 9.84 Å². The Labute approximate surface area is 90.9 Å². The van der Waals surface area contributed by atoms with Crippen molar-refractivity contribution in [3.05, 3.63) is 28.9 Å². The van der Waals surface area contributed by atoms with Crippen molar-refractivity contribution in [2.24, 2.45) is 0 Å². The Hall–Kier alpha value is -1.13. The molecule has 0 unspecified atom stereocenters. The summed E-state index contributed by atoms with van der Waals surface area (Å²) in [5, 5.41) is 11.7. The van der Waals surface area contributed by atoms with Gasteiger partial charge in [-0.3, -0.25) is 0 Å². The minimum Gasteiger partial charge on any atom is -0.492 e. The van der Waals surface area contributed by atoms with E-state index in [0.29, 0.717) is 12.0 Å². The quantitative estimate of drug-likeness (QED) is 0.871. The van der Waals surface area contributed by atoms with Crippen LogP contribution in [0.3, 0.4) is 0 Å². The lowest BCUT2D eigenvalue weighted by Crippen LogP contribution is -1.98. The highest BCUT2D eigenvalue weighted by molar-refractivity contribution is 7.17. The molecular weight excluding hydrogens is 215 g/mol. The van der Waals surface area contributed by atoms with Gasteiger partial charge in [0.2, 0.25) is 0 Å². The van der Waals surface area contributed by atoms with Gasteiger partial charge in [0.25, 0.3) is 0 Å². The summed E-state index contributed by atoms with van der Waals surface area (Å²) in [4.78, 5) is 0. The van der Waals surface area contributed by atoms with E-state index >= 15 is 0 Å². The number of rotatable bonds is 3. The van der Waals surface area contributed by atoms with Gasteiger partial charge in [-0.15, -0.1) is 11.3 Å². The van der Waals surface area contributed by atoms with Gasteiger partial charge in [0.1, 0.15) is 0 Å². The molecule has 4 heteroatoms. The van der Waals surface area contributed by atoms with Crippen LogP contribution in [0.15, 0.2) is 17.5 Å². The summed E-state index contributed by atoms with van der Waals surface area (Å²) in [6.07, 6.45) is 0.313.